The number of amides is 1. The molecular formula is C25H29FN6O3S. The summed E-state index contributed by atoms with van der Waals surface area (Å²) in [5.74, 6) is 1.48. The van der Waals surface area contributed by atoms with E-state index in [1.54, 1.807) is 12.1 Å². The minimum atomic E-state index is -0.369. The second-order valence-corrected chi connectivity index (χ2v) is 10.2. The quantitative estimate of drug-likeness (QED) is 0.397. The lowest BCUT2D eigenvalue weighted by atomic mass is 9.97. The van der Waals surface area contributed by atoms with Crippen LogP contribution in [0.25, 0.3) is 11.0 Å². The molecule has 0 saturated carbocycles. The summed E-state index contributed by atoms with van der Waals surface area (Å²) in [6.45, 7) is 3.63. The second kappa shape index (κ2) is 11.0. The maximum Gasteiger partial charge on any atom is 0.235 e. The molecule has 5 rings (SSSR count). The first kappa shape index (κ1) is 24.8. The molecule has 0 spiro atoms. The maximum absolute atomic E-state index is 14.7. The lowest BCUT2D eigenvalue weighted by Crippen LogP contribution is -2.30. The zero-order chi connectivity index (χ0) is 25.1. The molecule has 0 radical (unpaired) electrons. The highest BCUT2D eigenvalue weighted by Gasteiger charge is 2.32. The van der Waals surface area contributed by atoms with Crippen molar-refractivity contribution in [1.82, 2.24) is 25.2 Å². The fraction of sp³-hybridized carbons (Fsp3) is 0.440. The molecule has 5 heterocycles. The van der Waals surface area contributed by atoms with Gasteiger partial charge in [-0.05, 0) is 43.0 Å². The largest absolute Gasteiger partial charge is 0.481 e. The number of rotatable bonds is 9. The highest BCUT2D eigenvalue weighted by molar-refractivity contribution is 8.00. The summed E-state index contributed by atoms with van der Waals surface area (Å²) in [4.78, 5) is 28.0. The van der Waals surface area contributed by atoms with Gasteiger partial charge in [0.1, 0.15) is 11.6 Å². The first-order valence-corrected chi connectivity index (χ1v) is 13.0. The monoisotopic (exact) mass is 512 g/mol. The third kappa shape index (κ3) is 5.44. The number of carbonyl (C=O) groups excluding carboxylic acids is 1. The zero-order valence-electron chi connectivity index (χ0n) is 20.0. The molecule has 0 bridgehead atoms. The summed E-state index contributed by atoms with van der Waals surface area (Å²) in [6.07, 6.45) is 1.74. The summed E-state index contributed by atoms with van der Waals surface area (Å²) in [5, 5.41) is 16.2. The van der Waals surface area contributed by atoms with E-state index < -0.39 is 0 Å². The van der Waals surface area contributed by atoms with Gasteiger partial charge in [0, 0.05) is 44.4 Å². The van der Waals surface area contributed by atoms with Gasteiger partial charge in [-0.1, -0.05) is 0 Å². The van der Waals surface area contributed by atoms with Gasteiger partial charge >= 0.3 is 0 Å². The van der Waals surface area contributed by atoms with E-state index in [-0.39, 0.29) is 30.2 Å². The fourth-order valence-corrected chi connectivity index (χ4v) is 5.60. The Morgan fingerprint density at radius 3 is 2.94 bits per heavy atom. The number of methoxy groups -OCH3 is 1. The first-order chi connectivity index (χ1) is 17.5. The van der Waals surface area contributed by atoms with Crippen molar-refractivity contribution < 1.29 is 19.0 Å². The molecule has 2 atom stereocenters. The molecule has 2 aliphatic rings. The lowest BCUT2D eigenvalue weighted by molar-refractivity contribution is -0.113. The molecule has 0 unspecified atom stereocenters. The van der Waals surface area contributed by atoms with Crippen LogP contribution in [0.1, 0.15) is 11.3 Å². The third-order valence-electron chi connectivity index (χ3n) is 6.76. The van der Waals surface area contributed by atoms with E-state index in [4.69, 9.17) is 4.74 Å². The van der Waals surface area contributed by atoms with Crippen LogP contribution in [-0.2, 0) is 17.8 Å². The predicted octanol–water partition coefficient (Wildman–Crippen LogP) is 2.09. The van der Waals surface area contributed by atoms with Gasteiger partial charge in [0.25, 0.3) is 0 Å². The Morgan fingerprint density at radius 2 is 2.11 bits per heavy atom. The number of hydrogen-bond acceptors (Lipinski definition) is 9. The van der Waals surface area contributed by atoms with Crippen LogP contribution in [0, 0.1) is 17.7 Å². The number of carbonyl (C=O) groups is 1. The number of anilines is 1. The minimum absolute atomic E-state index is 0.0310. The van der Waals surface area contributed by atoms with Gasteiger partial charge in [-0.15, -0.1) is 11.8 Å². The van der Waals surface area contributed by atoms with Crippen molar-refractivity contribution in [3.63, 3.8) is 0 Å². The van der Waals surface area contributed by atoms with E-state index in [2.05, 4.69) is 30.5 Å². The van der Waals surface area contributed by atoms with Crippen LogP contribution >= 0.6 is 11.8 Å². The SMILES string of the molecule is COc1ccc2ncc(F)c(CCN3C[C@@H](CNCc4ccc5c(n4)NC(=O)CS5)[C@@H](CO)C3)c2n1. The average molecular weight is 513 g/mol. The highest BCUT2D eigenvalue weighted by atomic mass is 32.2. The molecule has 2 aliphatic heterocycles. The van der Waals surface area contributed by atoms with Crippen molar-refractivity contribution in [2.24, 2.45) is 11.8 Å². The predicted molar refractivity (Wildman–Crippen MR) is 136 cm³/mol. The Bertz CT molecular complexity index is 1260. The van der Waals surface area contributed by atoms with Crippen molar-refractivity contribution in [1.29, 1.82) is 0 Å². The second-order valence-electron chi connectivity index (χ2n) is 9.14. The number of hydrogen-bond donors (Lipinski definition) is 3. The number of pyridine rings is 3. The molecule has 0 aromatic carbocycles. The summed E-state index contributed by atoms with van der Waals surface area (Å²) in [7, 11) is 1.53. The van der Waals surface area contributed by atoms with Gasteiger partial charge in [0.15, 0.2) is 0 Å². The number of ether oxygens (including phenoxy) is 1. The van der Waals surface area contributed by atoms with Crippen LogP contribution in [0.4, 0.5) is 10.2 Å². The Balaban J connectivity index is 1.17. The van der Waals surface area contributed by atoms with Crippen LogP contribution in [-0.4, -0.2) is 76.5 Å². The van der Waals surface area contributed by atoms with Gasteiger partial charge in [-0.3, -0.25) is 9.78 Å². The fourth-order valence-electron chi connectivity index (χ4n) is 4.84. The van der Waals surface area contributed by atoms with Crippen molar-refractivity contribution in [2.75, 3.05) is 51.0 Å². The van der Waals surface area contributed by atoms with Crippen molar-refractivity contribution in [3.05, 3.63) is 47.5 Å². The van der Waals surface area contributed by atoms with E-state index in [1.807, 2.05) is 12.1 Å². The van der Waals surface area contributed by atoms with Crippen LogP contribution < -0.4 is 15.4 Å². The van der Waals surface area contributed by atoms with Crippen molar-refractivity contribution in [2.45, 2.75) is 17.9 Å². The molecule has 9 nitrogen and oxygen atoms in total. The minimum Gasteiger partial charge on any atom is -0.481 e. The van der Waals surface area contributed by atoms with Crippen LogP contribution in [0.5, 0.6) is 5.88 Å². The first-order valence-electron chi connectivity index (χ1n) is 12.0. The number of aliphatic hydroxyl groups is 1. The summed E-state index contributed by atoms with van der Waals surface area (Å²) in [5.41, 5.74) is 2.55. The molecule has 3 aromatic rings. The van der Waals surface area contributed by atoms with Crippen molar-refractivity contribution in [3.8, 4) is 5.88 Å². The van der Waals surface area contributed by atoms with Gasteiger partial charge in [-0.25, -0.2) is 14.4 Å². The van der Waals surface area contributed by atoms with Gasteiger partial charge in [-0.2, -0.15) is 0 Å². The van der Waals surface area contributed by atoms with E-state index in [0.717, 1.165) is 30.2 Å². The Morgan fingerprint density at radius 1 is 1.25 bits per heavy atom. The molecule has 190 valence electrons. The normalized spacial score (nSPS) is 19.9. The number of nitrogens with zero attached hydrogens (tertiary/aromatic N) is 4. The van der Waals surface area contributed by atoms with Crippen LogP contribution in [0.3, 0.4) is 0 Å². The number of thioether (sulfide) groups is 1. The number of fused-ring (bicyclic) bond motifs is 2. The maximum atomic E-state index is 14.7. The zero-order valence-corrected chi connectivity index (χ0v) is 20.9. The number of nitrogens with one attached hydrogen (secondary N) is 2. The molecule has 1 amide bonds. The summed E-state index contributed by atoms with van der Waals surface area (Å²) >= 11 is 1.49. The van der Waals surface area contributed by atoms with Crippen molar-refractivity contribution >= 4 is 34.5 Å². The molecule has 3 aromatic heterocycles. The number of aliphatic hydroxyl groups excluding tert-OH is 1. The molecule has 1 fully saturated rings. The van der Waals surface area contributed by atoms with Crippen LogP contribution in [0.2, 0.25) is 0 Å². The Hall–Kier alpha value is -2.86. The molecule has 3 N–H and O–H groups in total. The molecule has 0 aliphatic carbocycles. The summed E-state index contributed by atoms with van der Waals surface area (Å²) in [6, 6.07) is 7.46. The van der Waals surface area contributed by atoms with E-state index in [9.17, 15) is 14.3 Å². The van der Waals surface area contributed by atoms with E-state index in [0.29, 0.717) is 53.6 Å². The summed E-state index contributed by atoms with van der Waals surface area (Å²) < 4.78 is 19.9. The molecule has 1 saturated heterocycles. The smallest absolute Gasteiger partial charge is 0.235 e. The standard InChI is InChI=1S/C25H29FN6O3S/c1-35-23-5-3-20-24(31-23)18(19(26)10-28-20)6-7-32-11-15(16(12-32)13-33)8-27-9-17-2-4-21-25(29-17)30-22(34)14-36-21/h2-5,10,15-16,27,33H,6-9,11-14H2,1H3,(H,29,30,34)/t15-,16-/m1/s1. The van der Waals surface area contributed by atoms with E-state index >= 15 is 0 Å². The topological polar surface area (TPSA) is 112 Å². The Labute approximate surface area is 212 Å². The lowest BCUT2D eigenvalue weighted by Gasteiger charge is -2.18. The average Bonchev–Trinajstić information content (AvgIpc) is 3.29. The van der Waals surface area contributed by atoms with Gasteiger partial charge in [0.2, 0.25) is 11.8 Å². The highest BCUT2D eigenvalue weighted by Crippen LogP contribution is 2.30. The molecular weight excluding hydrogens is 483 g/mol. The number of aromatic nitrogens is 3. The van der Waals surface area contributed by atoms with Gasteiger partial charge in [0.05, 0.1) is 40.7 Å². The molecule has 11 heteroatoms. The van der Waals surface area contributed by atoms with E-state index in [1.165, 1.54) is 25.1 Å². The number of likely N-dealkylation sites (tertiary alicyclic amines) is 1. The third-order valence-corrected chi connectivity index (χ3v) is 7.81. The molecule has 36 heavy (non-hydrogen) atoms. The van der Waals surface area contributed by atoms with Gasteiger partial charge < -0.3 is 25.4 Å². The van der Waals surface area contributed by atoms with Crippen LogP contribution in [0.15, 0.2) is 35.4 Å². The number of halogens is 1. The Kier molecular flexibility index (Phi) is 7.61.